The van der Waals surface area contributed by atoms with Crippen molar-refractivity contribution in [1.82, 2.24) is 9.62 Å². The molecule has 2 fully saturated rings. The van der Waals surface area contributed by atoms with E-state index in [0.717, 1.165) is 17.9 Å². The van der Waals surface area contributed by atoms with Crippen molar-refractivity contribution in [3.63, 3.8) is 0 Å². The Kier molecular flexibility index (Phi) is 5.34. The summed E-state index contributed by atoms with van der Waals surface area (Å²) in [6.45, 7) is 0.320. The molecule has 1 N–H and O–H groups in total. The minimum absolute atomic E-state index is 0.0104. The molecule has 6 nitrogen and oxygen atoms in total. The first kappa shape index (κ1) is 18.2. The summed E-state index contributed by atoms with van der Waals surface area (Å²) in [5.74, 6) is 1.99. The summed E-state index contributed by atoms with van der Waals surface area (Å²) in [6, 6.07) is 7.46. The molecule has 2 aliphatic rings. The van der Waals surface area contributed by atoms with Crippen LogP contribution in [-0.4, -0.2) is 44.6 Å². The van der Waals surface area contributed by atoms with Gasteiger partial charge in [0.2, 0.25) is 10.0 Å². The van der Waals surface area contributed by atoms with Gasteiger partial charge in [-0.15, -0.1) is 0 Å². The summed E-state index contributed by atoms with van der Waals surface area (Å²) in [6.07, 6.45) is 6.10. The van der Waals surface area contributed by atoms with E-state index in [9.17, 15) is 13.2 Å². The molecule has 2 saturated carbocycles. The van der Waals surface area contributed by atoms with Crippen molar-refractivity contribution in [2.45, 2.75) is 38.3 Å². The van der Waals surface area contributed by atoms with Crippen molar-refractivity contribution in [1.29, 1.82) is 0 Å². The summed E-state index contributed by atoms with van der Waals surface area (Å²) in [5, 5.41) is 3.10. The Hall–Kier alpha value is -1.60. The highest BCUT2D eigenvalue weighted by Gasteiger charge is 2.40. The molecule has 0 spiro atoms. The highest BCUT2D eigenvalue weighted by molar-refractivity contribution is 7.88. The first-order valence-corrected chi connectivity index (χ1v) is 10.6. The van der Waals surface area contributed by atoms with Crippen LogP contribution in [0.15, 0.2) is 24.3 Å². The standard InChI is InChI=1S/C18H26N2O4S/c1-20(25(2,22)23)11-13-4-7-16(8-5-13)24-12-18(21)19-17-10-14-3-6-15(17)9-14/h4-5,7-8,14-15,17H,3,6,9-12H2,1-2H3,(H,19,21)/t14-,15-,17-/m1/s1. The lowest BCUT2D eigenvalue weighted by atomic mass is 9.95. The van der Waals surface area contributed by atoms with E-state index in [0.29, 0.717) is 24.3 Å². The number of nitrogens with zero attached hydrogens (tertiary/aromatic N) is 1. The van der Waals surface area contributed by atoms with E-state index in [1.165, 1.54) is 29.8 Å². The Balaban J connectivity index is 1.44. The summed E-state index contributed by atoms with van der Waals surface area (Å²) in [7, 11) is -1.66. The normalized spacial score (nSPS) is 25.3. The van der Waals surface area contributed by atoms with Crippen LogP contribution < -0.4 is 10.1 Å². The van der Waals surface area contributed by atoms with Gasteiger partial charge in [0.25, 0.3) is 5.91 Å². The van der Waals surface area contributed by atoms with Gasteiger partial charge in [0.15, 0.2) is 6.61 Å². The second kappa shape index (κ2) is 7.33. The summed E-state index contributed by atoms with van der Waals surface area (Å²) in [5.41, 5.74) is 0.867. The average molecular weight is 366 g/mol. The molecule has 0 radical (unpaired) electrons. The van der Waals surface area contributed by atoms with E-state index >= 15 is 0 Å². The molecular weight excluding hydrogens is 340 g/mol. The van der Waals surface area contributed by atoms with E-state index in [4.69, 9.17) is 4.74 Å². The fraction of sp³-hybridized carbons (Fsp3) is 0.611. The summed E-state index contributed by atoms with van der Waals surface area (Å²) in [4.78, 5) is 12.1. The van der Waals surface area contributed by atoms with Crippen molar-refractivity contribution in [2.75, 3.05) is 19.9 Å². The van der Waals surface area contributed by atoms with E-state index in [1.54, 1.807) is 19.2 Å². The van der Waals surface area contributed by atoms with Crippen molar-refractivity contribution in [3.8, 4) is 5.75 Å². The lowest BCUT2D eigenvalue weighted by Gasteiger charge is -2.22. The van der Waals surface area contributed by atoms with Gasteiger partial charge in [-0.05, 0) is 48.8 Å². The fourth-order valence-corrected chi connectivity index (χ4v) is 4.27. The number of fused-ring (bicyclic) bond motifs is 2. The zero-order chi connectivity index (χ0) is 18.0. The number of sulfonamides is 1. The number of nitrogens with one attached hydrogen (secondary N) is 1. The molecule has 0 aliphatic heterocycles. The average Bonchev–Trinajstić information content (AvgIpc) is 3.16. The maximum atomic E-state index is 12.1. The summed E-state index contributed by atoms with van der Waals surface area (Å²) >= 11 is 0. The zero-order valence-electron chi connectivity index (χ0n) is 14.8. The largest absolute Gasteiger partial charge is 0.484 e. The molecule has 1 aromatic rings. The number of rotatable bonds is 7. The van der Waals surface area contributed by atoms with Crippen molar-refractivity contribution in [2.24, 2.45) is 11.8 Å². The minimum Gasteiger partial charge on any atom is -0.484 e. The van der Waals surface area contributed by atoms with E-state index in [1.807, 2.05) is 12.1 Å². The third-order valence-corrected chi connectivity index (χ3v) is 6.61. The van der Waals surface area contributed by atoms with Crippen LogP contribution in [0.1, 0.15) is 31.2 Å². The van der Waals surface area contributed by atoms with Crippen LogP contribution in [-0.2, 0) is 21.4 Å². The van der Waals surface area contributed by atoms with Gasteiger partial charge in [-0.3, -0.25) is 4.79 Å². The topological polar surface area (TPSA) is 75.7 Å². The third kappa shape index (κ3) is 4.73. The van der Waals surface area contributed by atoms with Crippen LogP contribution in [0.3, 0.4) is 0 Å². The monoisotopic (exact) mass is 366 g/mol. The predicted octanol–water partition coefficient (Wildman–Crippen LogP) is 1.76. The van der Waals surface area contributed by atoms with Gasteiger partial charge >= 0.3 is 0 Å². The Morgan fingerprint density at radius 3 is 2.52 bits per heavy atom. The first-order valence-electron chi connectivity index (χ1n) is 8.73. The smallest absolute Gasteiger partial charge is 0.258 e. The molecule has 2 bridgehead atoms. The van der Waals surface area contributed by atoms with E-state index in [2.05, 4.69) is 5.32 Å². The van der Waals surface area contributed by atoms with Crippen molar-refractivity contribution in [3.05, 3.63) is 29.8 Å². The molecule has 0 heterocycles. The van der Waals surface area contributed by atoms with Gasteiger partial charge in [0.1, 0.15) is 5.75 Å². The number of carbonyl (C=O) groups excluding carboxylic acids is 1. The SMILES string of the molecule is CN(Cc1ccc(OCC(=O)N[C@@H]2C[C@@H]3CC[C@@H]2C3)cc1)S(C)(=O)=O. The molecule has 1 amide bonds. The van der Waals surface area contributed by atoms with Crippen molar-refractivity contribution >= 4 is 15.9 Å². The zero-order valence-corrected chi connectivity index (χ0v) is 15.6. The molecule has 0 unspecified atom stereocenters. The van der Waals surface area contributed by atoms with E-state index < -0.39 is 10.0 Å². The maximum absolute atomic E-state index is 12.1. The van der Waals surface area contributed by atoms with Crippen LogP contribution in [0.4, 0.5) is 0 Å². The lowest BCUT2D eigenvalue weighted by molar-refractivity contribution is -0.124. The maximum Gasteiger partial charge on any atom is 0.258 e. The van der Waals surface area contributed by atoms with Gasteiger partial charge in [-0.25, -0.2) is 12.7 Å². The van der Waals surface area contributed by atoms with Gasteiger partial charge in [0.05, 0.1) is 6.26 Å². The van der Waals surface area contributed by atoms with Crippen LogP contribution in [0, 0.1) is 11.8 Å². The Morgan fingerprint density at radius 1 is 1.24 bits per heavy atom. The van der Waals surface area contributed by atoms with Gasteiger partial charge in [-0.2, -0.15) is 0 Å². The molecule has 0 saturated heterocycles. The third-order valence-electron chi connectivity index (χ3n) is 5.35. The molecule has 2 aliphatic carbocycles. The Bertz CT molecular complexity index is 717. The number of carbonyl (C=O) groups is 1. The molecular formula is C18H26N2O4S. The highest BCUT2D eigenvalue weighted by Crippen LogP contribution is 2.44. The second-order valence-electron chi connectivity index (χ2n) is 7.30. The number of hydrogen-bond donors (Lipinski definition) is 1. The second-order valence-corrected chi connectivity index (χ2v) is 9.39. The van der Waals surface area contributed by atoms with Gasteiger partial charge < -0.3 is 10.1 Å². The lowest BCUT2D eigenvalue weighted by Crippen LogP contribution is -2.40. The summed E-state index contributed by atoms with van der Waals surface area (Å²) < 4.78 is 29.7. The molecule has 1 aromatic carbocycles. The molecule has 7 heteroatoms. The predicted molar refractivity (Wildman–Crippen MR) is 95.6 cm³/mol. The molecule has 138 valence electrons. The molecule has 3 atom stereocenters. The van der Waals surface area contributed by atoms with Crippen LogP contribution >= 0.6 is 0 Å². The van der Waals surface area contributed by atoms with Gasteiger partial charge in [0, 0.05) is 19.6 Å². The molecule has 25 heavy (non-hydrogen) atoms. The van der Waals surface area contributed by atoms with E-state index in [-0.39, 0.29) is 12.5 Å². The van der Waals surface area contributed by atoms with Crippen LogP contribution in [0.2, 0.25) is 0 Å². The highest BCUT2D eigenvalue weighted by atomic mass is 32.2. The number of benzene rings is 1. The van der Waals surface area contributed by atoms with Crippen LogP contribution in [0.5, 0.6) is 5.75 Å². The fourth-order valence-electron chi connectivity index (χ4n) is 3.88. The molecule has 3 rings (SSSR count). The Labute approximate surface area is 149 Å². The number of ether oxygens (including phenoxy) is 1. The van der Waals surface area contributed by atoms with Crippen molar-refractivity contribution < 1.29 is 17.9 Å². The number of hydrogen-bond acceptors (Lipinski definition) is 4. The Morgan fingerprint density at radius 2 is 1.96 bits per heavy atom. The minimum atomic E-state index is -3.20. The number of amides is 1. The first-order chi connectivity index (χ1) is 11.8. The molecule has 0 aromatic heterocycles. The van der Waals surface area contributed by atoms with Crippen LogP contribution in [0.25, 0.3) is 0 Å². The van der Waals surface area contributed by atoms with Gasteiger partial charge in [-0.1, -0.05) is 18.6 Å². The quantitative estimate of drug-likeness (QED) is 0.798.